The van der Waals surface area contributed by atoms with Crippen molar-refractivity contribution in [1.82, 2.24) is 0 Å². The molecular formula is C13H15NS. The molecule has 2 N–H and O–H groups in total. The zero-order valence-electron chi connectivity index (χ0n) is 8.81. The number of hydrogen-bond acceptors (Lipinski definition) is 2. The fourth-order valence-corrected chi connectivity index (χ4v) is 2.66. The van der Waals surface area contributed by atoms with Gasteiger partial charge in [-0.3, -0.25) is 0 Å². The normalized spacial score (nSPS) is 12.7. The molecular weight excluding hydrogens is 202 g/mol. The van der Waals surface area contributed by atoms with Crippen LogP contribution < -0.4 is 5.73 Å². The van der Waals surface area contributed by atoms with E-state index >= 15 is 0 Å². The van der Waals surface area contributed by atoms with E-state index in [-0.39, 0.29) is 6.04 Å². The molecule has 0 saturated carbocycles. The van der Waals surface area contributed by atoms with Crippen LogP contribution in [0, 0.1) is 6.92 Å². The summed E-state index contributed by atoms with van der Waals surface area (Å²) >= 11 is 1.75. The van der Waals surface area contributed by atoms with Crippen LogP contribution in [0.3, 0.4) is 0 Å². The molecule has 0 aliphatic rings. The molecule has 1 aromatic heterocycles. The highest BCUT2D eigenvalue weighted by Crippen LogP contribution is 2.24. The monoisotopic (exact) mass is 217 g/mol. The molecule has 0 aliphatic heterocycles. The van der Waals surface area contributed by atoms with Crippen molar-refractivity contribution in [3.05, 3.63) is 57.8 Å². The van der Waals surface area contributed by atoms with E-state index in [2.05, 4.69) is 42.6 Å². The molecule has 0 saturated heterocycles. The van der Waals surface area contributed by atoms with Crippen molar-refractivity contribution in [2.24, 2.45) is 5.73 Å². The maximum Gasteiger partial charge on any atom is 0.0433 e. The fraction of sp³-hybridized carbons (Fsp3) is 0.231. The number of thiophene rings is 1. The van der Waals surface area contributed by atoms with Gasteiger partial charge < -0.3 is 5.73 Å². The minimum Gasteiger partial charge on any atom is -0.323 e. The highest BCUT2D eigenvalue weighted by Gasteiger charge is 2.10. The van der Waals surface area contributed by atoms with Gasteiger partial charge in [0.2, 0.25) is 0 Å². The van der Waals surface area contributed by atoms with Gasteiger partial charge in [-0.2, -0.15) is 0 Å². The lowest BCUT2D eigenvalue weighted by molar-refractivity contribution is 0.732. The smallest absolute Gasteiger partial charge is 0.0433 e. The molecule has 2 aromatic rings. The van der Waals surface area contributed by atoms with E-state index in [4.69, 9.17) is 5.73 Å². The minimum atomic E-state index is 0.132. The van der Waals surface area contributed by atoms with Crippen LogP contribution in [0.25, 0.3) is 0 Å². The summed E-state index contributed by atoms with van der Waals surface area (Å²) in [6.45, 7) is 2.12. The Kier molecular flexibility index (Phi) is 3.19. The molecule has 1 heterocycles. The predicted octanol–water partition coefficient (Wildman–Crippen LogP) is 3.30. The standard InChI is InChI=1S/C13H15NS/c1-10-7-8-15-13(10)12(14)9-11-5-3-2-4-6-11/h2-8,12H,9,14H2,1H3/t12-/m1/s1. The number of aryl methyl sites for hydroxylation is 1. The SMILES string of the molecule is Cc1ccsc1[C@H](N)Cc1ccccc1. The number of benzene rings is 1. The lowest BCUT2D eigenvalue weighted by Crippen LogP contribution is -2.12. The Bertz CT molecular complexity index is 419. The molecule has 0 radical (unpaired) electrons. The van der Waals surface area contributed by atoms with Crippen molar-refractivity contribution in [3.8, 4) is 0 Å². The molecule has 0 bridgehead atoms. The van der Waals surface area contributed by atoms with Gasteiger partial charge in [0.05, 0.1) is 0 Å². The second-order valence-corrected chi connectivity index (χ2v) is 4.71. The molecule has 0 fully saturated rings. The molecule has 1 atom stereocenters. The van der Waals surface area contributed by atoms with Crippen LogP contribution in [0.5, 0.6) is 0 Å². The molecule has 0 spiro atoms. The van der Waals surface area contributed by atoms with Crippen molar-refractivity contribution in [2.75, 3.05) is 0 Å². The van der Waals surface area contributed by atoms with Crippen molar-refractivity contribution in [1.29, 1.82) is 0 Å². The molecule has 0 unspecified atom stereocenters. The summed E-state index contributed by atoms with van der Waals surface area (Å²) in [7, 11) is 0. The van der Waals surface area contributed by atoms with Gasteiger partial charge in [0.25, 0.3) is 0 Å². The average molecular weight is 217 g/mol. The molecule has 0 aliphatic carbocycles. The second-order valence-electron chi connectivity index (χ2n) is 3.76. The Balaban J connectivity index is 2.11. The van der Waals surface area contributed by atoms with Crippen molar-refractivity contribution in [2.45, 2.75) is 19.4 Å². The summed E-state index contributed by atoms with van der Waals surface area (Å²) in [5.41, 5.74) is 8.79. The first-order chi connectivity index (χ1) is 7.27. The third-order valence-electron chi connectivity index (χ3n) is 2.54. The first kappa shape index (κ1) is 10.4. The molecule has 78 valence electrons. The van der Waals surface area contributed by atoms with Gasteiger partial charge >= 0.3 is 0 Å². The zero-order valence-corrected chi connectivity index (χ0v) is 9.63. The van der Waals surface area contributed by atoms with Gasteiger partial charge in [-0.15, -0.1) is 11.3 Å². The van der Waals surface area contributed by atoms with Crippen LogP contribution in [-0.4, -0.2) is 0 Å². The fourth-order valence-electron chi connectivity index (χ4n) is 1.73. The van der Waals surface area contributed by atoms with E-state index in [1.807, 2.05) is 6.07 Å². The van der Waals surface area contributed by atoms with Gasteiger partial charge in [0.15, 0.2) is 0 Å². The summed E-state index contributed by atoms with van der Waals surface area (Å²) < 4.78 is 0. The van der Waals surface area contributed by atoms with E-state index in [1.165, 1.54) is 16.0 Å². The third kappa shape index (κ3) is 2.46. The highest BCUT2D eigenvalue weighted by molar-refractivity contribution is 7.10. The summed E-state index contributed by atoms with van der Waals surface area (Å²) in [6.07, 6.45) is 0.919. The molecule has 2 rings (SSSR count). The molecule has 1 aromatic carbocycles. The lowest BCUT2D eigenvalue weighted by atomic mass is 10.0. The van der Waals surface area contributed by atoms with E-state index in [9.17, 15) is 0 Å². The Hall–Kier alpha value is -1.12. The van der Waals surface area contributed by atoms with Crippen LogP contribution in [-0.2, 0) is 6.42 Å². The van der Waals surface area contributed by atoms with Gasteiger partial charge in [0.1, 0.15) is 0 Å². The molecule has 15 heavy (non-hydrogen) atoms. The zero-order chi connectivity index (χ0) is 10.7. The van der Waals surface area contributed by atoms with Crippen LogP contribution in [0.2, 0.25) is 0 Å². The van der Waals surface area contributed by atoms with E-state index in [0.29, 0.717) is 0 Å². The minimum absolute atomic E-state index is 0.132. The Morgan fingerprint density at radius 1 is 1.20 bits per heavy atom. The Morgan fingerprint density at radius 3 is 2.53 bits per heavy atom. The van der Waals surface area contributed by atoms with Crippen LogP contribution in [0.1, 0.15) is 22.0 Å². The quantitative estimate of drug-likeness (QED) is 0.838. The summed E-state index contributed by atoms with van der Waals surface area (Å²) in [6, 6.07) is 12.7. The van der Waals surface area contributed by atoms with Crippen LogP contribution in [0.15, 0.2) is 41.8 Å². The van der Waals surface area contributed by atoms with Gasteiger partial charge in [0, 0.05) is 10.9 Å². The topological polar surface area (TPSA) is 26.0 Å². The predicted molar refractivity (Wildman–Crippen MR) is 66.1 cm³/mol. The molecule has 1 nitrogen and oxygen atoms in total. The molecule has 2 heteroatoms. The van der Waals surface area contributed by atoms with Crippen molar-refractivity contribution < 1.29 is 0 Å². The Morgan fingerprint density at radius 2 is 1.93 bits per heavy atom. The van der Waals surface area contributed by atoms with Crippen LogP contribution in [0.4, 0.5) is 0 Å². The number of nitrogens with two attached hydrogens (primary N) is 1. The van der Waals surface area contributed by atoms with Crippen LogP contribution >= 0.6 is 11.3 Å². The largest absolute Gasteiger partial charge is 0.323 e. The Labute approximate surface area is 94.6 Å². The van der Waals surface area contributed by atoms with E-state index in [1.54, 1.807) is 11.3 Å². The first-order valence-electron chi connectivity index (χ1n) is 5.11. The first-order valence-corrected chi connectivity index (χ1v) is 5.99. The van der Waals surface area contributed by atoms with E-state index in [0.717, 1.165) is 6.42 Å². The van der Waals surface area contributed by atoms with Crippen molar-refractivity contribution in [3.63, 3.8) is 0 Å². The third-order valence-corrected chi connectivity index (χ3v) is 3.69. The van der Waals surface area contributed by atoms with Gasteiger partial charge in [-0.25, -0.2) is 0 Å². The number of rotatable bonds is 3. The summed E-state index contributed by atoms with van der Waals surface area (Å²) in [5, 5.41) is 2.11. The average Bonchev–Trinajstić information content (AvgIpc) is 2.66. The second kappa shape index (κ2) is 4.60. The molecule has 0 amide bonds. The number of hydrogen-bond donors (Lipinski definition) is 1. The van der Waals surface area contributed by atoms with Crippen molar-refractivity contribution >= 4 is 11.3 Å². The summed E-state index contributed by atoms with van der Waals surface area (Å²) in [5.74, 6) is 0. The maximum absolute atomic E-state index is 6.18. The lowest BCUT2D eigenvalue weighted by Gasteiger charge is -2.10. The van der Waals surface area contributed by atoms with E-state index < -0.39 is 0 Å². The van der Waals surface area contributed by atoms with Gasteiger partial charge in [-0.05, 0) is 35.9 Å². The highest BCUT2D eigenvalue weighted by atomic mass is 32.1. The maximum atomic E-state index is 6.18. The van der Waals surface area contributed by atoms with Gasteiger partial charge in [-0.1, -0.05) is 30.3 Å². The summed E-state index contributed by atoms with van der Waals surface area (Å²) in [4.78, 5) is 1.30.